The molecule has 0 bridgehead atoms. The molecule has 1 atom stereocenters. The van der Waals surface area contributed by atoms with Gasteiger partial charge in [-0.1, -0.05) is 11.8 Å². The van der Waals surface area contributed by atoms with Crippen LogP contribution in [0.4, 0.5) is 0 Å². The number of carbonyl (C=O) groups excluding carboxylic acids is 1. The maximum Gasteiger partial charge on any atom is 0.230 e. The molecule has 0 spiro atoms. The van der Waals surface area contributed by atoms with Crippen LogP contribution >= 0.6 is 11.8 Å². The van der Waals surface area contributed by atoms with Gasteiger partial charge in [0.25, 0.3) is 0 Å². The predicted molar refractivity (Wildman–Crippen MR) is 83.6 cm³/mol. The van der Waals surface area contributed by atoms with E-state index < -0.39 is 9.84 Å². The molecule has 0 radical (unpaired) electrons. The van der Waals surface area contributed by atoms with E-state index in [1.54, 1.807) is 0 Å². The van der Waals surface area contributed by atoms with Crippen molar-refractivity contribution in [3.63, 3.8) is 0 Å². The largest absolute Gasteiger partial charge is 0.352 e. The number of aromatic nitrogens is 3. The highest BCUT2D eigenvalue weighted by Crippen LogP contribution is 2.39. The quantitative estimate of drug-likeness (QED) is 0.758. The molecule has 22 heavy (non-hydrogen) atoms. The molecule has 122 valence electrons. The zero-order chi connectivity index (χ0) is 15.7. The van der Waals surface area contributed by atoms with Crippen molar-refractivity contribution < 1.29 is 13.2 Å². The number of sulfone groups is 1. The first-order chi connectivity index (χ1) is 10.5. The first-order valence-corrected chi connectivity index (χ1v) is 10.3. The zero-order valence-corrected chi connectivity index (χ0v) is 14.1. The monoisotopic (exact) mass is 344 g/mol. The molecule has 1 amide bonds. The van der Waals surface area contributed by atoms with Gasteiger partial charge in [-0.25, -0.2) is 8.42 Å². The van der Waals surface area contributed by atoms with Gasteiger partial charge in [0.15, 0.2) is 15.0 Å². The summed E-state index contributed by atoms with van der Waals surface area (Å²) in [6.45, 7) is 2.84. The molecule has 1 N–H and O–H groups in total. The third kappa shape index (κ3) is 3.62. The Labute approximate surface area is 134 Å². The summed E-state index contributed by atoms with van der Waals surface area (Å²) in [5.41, 5.74) is 0. The van der Waals surface area contributed by atoms with E-state index in [1.165, 1.54) is 24.6 Å². The molecule has 9 heteroatoms. The smallest absolute Gasteiger partial charge is 0.230 e. The maximum absolute atomic E-state index is 12.0. The van der Waals surface area contributed by atoms with Crippen LogP contribution in [-0.4, -0.2) is 52.4 Å². The molecule has 2 heterocycles. The second-order valence-corrected chi connectivity index (χ2v) is 8.99. The van der Waals surface area contributed by atoms with E-state index in [1.807, 2.05) is 6.92 Å². The molecule has 1 aliphatic heterocycles. The summed E-state index contributed by atoms with van der Waals surface area (Å²) in [5.74, 6) is 1.86. The van der Waals surface area contributed by atoms with Crippen LogP contribution in [0, 0.1) is 0 Å². The summed E-state index contributed by atoms with van der Waals surface area (Å²) < 4.78 is 24.8. The van der Waals surface area contributed by atoms with Crippen LogP contribution in [0.25, 0.3) is 0 Å². The molecule has 1 saturated heterocycles. The fourth-order valence-electron chi connectivity index (χ4n) is 2.66. The Balaban J connectivity index is 1.53. The van der Waals surface area contributed by atoms with Crippen LogP contribution in [0.1, 0.15) is 37.9 Å². The molecular weight excluding hydrogens is 324 g/mol. The Morgan fingerprint density at radius 2 is 2.14 bits per heavy atom. The lowest BCUT2D eigenvalue weighted by Gasteiger charge is -2.10. The summed E-state index contributed by atoms with van der Waals surface area (Å²) in [6, 6.07) is -0.246. The number of hydrogen-bond acceptors (Lipinski definition) is 6. The second kappa shape index (κ2) is 6.19. The lowest BCUT2D eigenvalue weighted by molar-refractivity contribution is -0.119. The third-order valence-electron chi connectivity index (χ3n) is 3.93. The van der Waals surface area contributed by atoms with Crippen molar-refractivity contribution >= 4 is 27.5 Å². The van der Waals surface area contributed by atoms with Gasteiger partial charge >= 0.3 is 0 Å². The first kappa shape index (κ1) is 15.8. The van der Waals surface area contributed by atoms with Crippen LogP contribution in [0.5, 0.6) is 0 Å². The van der Waals surface area contributed by atoms with Gasteiger partial charge in [0.05, 0.1) is 17.3 Å². The highest BCUT2D eigenvalue weighted by molar-refractivity contribution is 7.99. The minimum atomic E-state index is -2.97. The van der Waals surface area contributed by atoms with Crippen molar-refractivity contribution in [3.05, 3.63) is 5.82 Å². The normalized spacial score (nSPS) is 23.6. The number of rotatable bonds is 6. The maximum atomic E-state index is 12.0. The van der Waals surface area contributed by atoms with E-state index in [2.05, 4.69) is 20.1 Å². The number of thioether (sulfide) groups is 1. The van der Waals surface area contributed by atoms with Crippen molar-refractivity contribution in [2.75, 3.05) is 17.3 Å². The number of nitrogens with zero attached hydrogens (tertiary/aromatic N) is 3. The van der Waals surface area contributed by atoms with Crippen molar-refractivity contribution in [1.82, 2.24) is 20.1 Å². The summed E-state index contributed by atoms with van der Waals surface area (Å²) in [6.07, 6.45) is 2.84. The molecular formula is C13H20N4O3S2. The molecule has 7 nitrogen and oxygen atoms in total. The van der Waals surface area contributed by atoms with Gasteiger partial charge in [-0.2, -0.15) is 0 Å². The topological polar surface area (TPSA) is 94.0 Å². The standard InChI is InChI=1S/C13H20N4O3S2/c1-2-17-12(9-3-4-9)15-16-13(17)21-7-11(18)14-10-5-6-22(19,20)8-10/h9-10H,2-8H2,1H3,(H,14,18)/t10-/m0/s1. The molecule has 0 unspecified atom stereocenters. The van der Waals surface area contributed by atoms with Gasteiger partial charge in [0.1, 0.15) is 5.82 Å². The first-order valence-electron chi connectivity index (χ1n) is 7.54. The predicted octanol–water partition coefficient (Wildman–Crippen LogP) is 0.571. The lowest BCUT2D eigenvalue weighted by atomic mass is 10.3. The van der Waals surface area contributed by atoms with Gasteiger partial charge in [0, 0.05) is 18.5 Å². The van der Waals surface area contributed by atoms with E-state index in [0.29, 0.717) is 12.3 Å². The van der Waals surface area contributed by atoms with E-state index >= 15 is 0 Å². The van der Waals surface area contributed by atoms with Gasteiger partial charge in [0.2, 0.25) is 5.91 Å². The van der Waals surface area contributed by atoms with Crippen molar-refractivity contribution in [1.29, 1.82) is 0 Å². The van der Waals surface area contributed by atoms with Crippen molar-refractivity contribution in [3.8, 4) is 0 Å². The van der Waals surface area contributed by atoms with Gasteiger partial charge in [-0.15, -0.1) is 10.2 Å². The van der Waals surface area contributed by atoms with Gasteiger partial charge in [-0.05, 0) is 26.2 Å². The van der Waals surface area contributed by atoms with Crippen LogP contribution < -0.4 is 5.32 Å². The summed E-state index contributed by atoms with van der Waals surface area (Å²) in [5, 5.41) is 12.0. The Bertz CT molecular complexity index is 667. The highest BCUT2D eigenvalue weighted by atomic mass is 32.2. The Morgan fingerprint density at radius 1 is 1.36 bits per heavy atom. The van der Waals surface area contributed by atoms with E-state index in [4.69, 9.17) is 0 Å². The number of nitrogens with one attached hydrogen (secondary N) is 1. The molecule has 1 aromatic heterocycles. The Morgan fingerprint density at radius 3 is 2.73 bits per heavy atom. The van der Waals surface area contributed by atoms with Crippen LogP contribution in [-0.2, 0) is 21.2 Å². The van der Waals surface area contributed by atoms with E-state index in [9.17, 15) is 13.2 Å². The Kier molecular flexibility index (Phi) is 4.44. The zero-order valence-electron chi connectivity index (χ0n) is 12.5. The minimum absolute atomic E-state index is 0.0559. The Hall–Kier alpha value is -1.09. The fourth-order valence-corrected chi connectivity index (χ4v) is 5.15. The molecule has 0 aromatic carbocycles. The number of amides is 1. The molecule has 1 saturated carbocycles. The van der Waals surface area contributed by atoms with Crippen LogP contribution in [0.2, 0.25) is 0 Å². The molecule has 1 aromatic rings. The third-order valence-corrected chi connectivity index (χ3v) is 6.67. The molecule has 3 rings (SSSR count). The van der Waals surface area contributed by atoms with Gasteiger partial charge in [-0.3, -0.25) is 4.79 Å². The summed E-state index contributed by atoms with van der Waals surface area (Å²) >= 11 is 1.36. The van der Waals surface area contributed by atoms with E-state index in [0.717, 1.165) is 17.5 Å². The average molecular weight is 344 g/mol. The van der Waals surface area contributed by atoms with Crippen LogP contribution in [0.3, 0.4) is 0 Å². The average Bonchev–Trinajstić information content (AvgIpc) is 3.13. The van der Waals surface area contributed by atoms with Gasteiger partial charge < -0.3 is 9.88 Å². The van der Waals surface area contributed by atoms with Crippen molar-refractivity contribution in [2.45, 2.75) is 49.8 Å². The second-order valence-electron chi connectivity index (χ2n) is 5.82. The minimum Gasteiger partial charge on any atom is -0.352 e. The summed E-state index contributed by atoms with van der Waals surface area (Å²) in [7, 11) is -2.97. The van der Waals surface area contributed by atoms with E-state index in [-0.39, 0.29) is 29.2 Å². The lowest BCUT2D eigenvalue weighted by Crippen LogP contribution is -2.36. The molecule has 2 fully saturated rings. The fraction of sp³-hybridized carbons (Fsp3) is 0.769. The van der Waals surface area contributed by atoms with Crippen molar-refractivity contribution in [2.24, 2.45) is 0 Å². The molecule has 2 aliphatic rings. The highest BCUT2D eigenvalue weighted by Gasteiger charge is 2.31. The summed E-state index contributed by atoms with van der Waals surface area (Å²) in [4.78, 5) is 12.0. The molecule has 1 aliphatic carbocycles. The number of carbonyl (C=O) groups is 1. The number of hydrogen-bond donors (Lipinski definition) is 1. The SMILES string of the molecule is CCn1c(SCC(=O)N[C@H]2CCS(=O)(=O)C2)nnc1C1CC1. The van der Waals surface area contributed by atoms with Crippen LogP contribution in [0.15, 0.2) is 5.16 Å².